The Morgan fingerprint density at radius 2 is 1.86 bits per heavy atom. The third-order valence-electron chi connectivity index (χ3n) is 4.21. The SMILES string of the molecule is CCCNC(=O)c1ccc(Cl)cc1NC(=O)c1cc(C(C)C)n(C(C)(C)C)n1. The third-order valence-corrected chi connectivity index (χ3v) is 4.44. The van der Waals surface area contributed by atoms with Crippen LogP contribution in [0.1, 0.15) is 80.4 Å². The Kier molecular flexibility index (Phi) is 6.88. The molecular weight excluding hydrogens is 376 g/mol. The molecular formula is C21H29ClN4O2. The number of nitrogens with one attached hydrogen (secondary N) is 2. The zero-order valence-electron chi connectivity index (χ0n) is 17.4. The monoisotopic (exact) mass is 404 g/mol. The van der Waals surface area contributed by atoms with E-state index in [1.165, 1.54) is 0 Å². The second kappa shape index (κ2) is 8.78. The maximum atomic E-state index is 12.9. The van der Waals surface area contributed by atoms with E-state index in [9.17, 15) is 9.59 Å². The first-order chi connectivity index (χ1) is 13.0. The van der Waals surface area contributed by atoms with Crippen LogP contribution in [0.15, 0.2) is 24.3 Å². The third kappa shape index (κ3) is 5.13. The topological polar surface area (TPSA) is 76.0 Å². The molecule has 0 unspecified atom stereocenters. The van der Waals surface area contributed by atoms with Gasteiger partial charge in [0, 0.05) is 17.3 Å². The zero-order valence-corrected chi connectivity index (χ0v) is 18.1. The molecule has 0 fully saturated rings. The van der Waals surface area contributed by atoms with Crippen molar-refractivity contribution in [1.82, 2.24) is 15.1 Å². The molecule has 2 amide bonds. The summed E-state index contributed by atoms with van der Waals surface area (Å²) in [6, 6.07) is 6.61. The van der Waals surface area contributed by atoms with Gasteiger partial charge < -0.3 is 10.6 Å². The smallest absolute Gasteiger partial charge is 0.276 e. The fourth-order valence-corrected chi connectivity index (χ4v) is 2.97. The Morgan fingerprint density at radius 1 is 1.18 bits per heavy atom. The maximum Gasteiger partial charge on any atom is 0.276 e. The number of benzene rings is 1. The number of anilines is 1. The molecule has 152 valence electrons. The van der Waals surface area contributed by atoms with Crippen molar-refractivity contribution < 1.29 is 9.59 Å². The number of hydrogen-bond acceptors (Lipinski definition) is 3. The molecule has 0 saturated heterocycles. The minimum atomic E-state index is -0.378. The Morgan fingerprint density at radius 3 is 2.39 bits per heavy atom. The molecule has 1 aromatic heterocycles. The van der Waals surface area contributed by atoms with Crippen LogP contribution in [0.3, 0.4) is 0 Å². The number of amides is 2. The summed E-state index contributed by atoms with van der Waals surface area (Å²) < 4.78 is 1.87. The molecule has 0 saturated carbocycles. The predicted octanol–water partition coefficient (Wildman–Crippen LogP) is 4.81. The molecule has 2 N–H and O–H groups in total. The van der Waals surface area contributed by atoms with Crippen LogP contribution < -0.4 is 10.6 Å². The molecule has 0 spiro atoms. The number of carbonyl (C=O) groups is 2. The second-order valence-electron chi connectivity index (χ2n) is 8.09. The van der Waals surface area contributed by atoms with E-state index in [2.05, 4.69) is 29.6 Å². The summed E-state index contributed by atoms with van der Waals surface area (Å²) >= 11 is 6.08. The Balaban J connectivity index is 2.35. The molecule has 1 heterocycles. The van der Waals surface area contributed by atoms with Gasteiger partial charge in [-0.05, 0) is 57.4 Å². The molecule has 0 bridgehead atoms. The first-order valence-corrected chi connectivity index (χ1v) is 9.92. The zero-order chi connectivity index (χ0) is 21.1. The number of aromatic nitrogens is 2. The molecule has 0 radical (unpaired) electrons. The summed E-state index contributed by atoms with van der Waals surface area (Å²) in [6.07, 6.45) is 0.823. The number of nitrogens with zero attached hydrogens (tertiary/aromatic N) is 2. The van der Waals surface area contributed by atoms with Gasteiger partial charge in [-0.25, -0.2) is 0 Å². The normalized spacial score (nSPS) is 11.6. The van der Waals surface area contributed by atoms with E-state index in [0.29, 0.717) is 28.5 Å². The quantitative estimate of drug-likeness (QED) is 0.725. The van der Waals surface area contributed by atoms with E-state index >= 15 is 0 Å². The molecule has 7 heteroatoms. The largest absolute Gasteiger partial charge is 0.352 e. The highest BCUT2D eigenvalue weighted by Gasteiger charge is 2.24. The van der Waals surface area contributed by atoms with Crippen molar-refractivity contribution >= 4 is 29.1 Å². The summed E-state index contributed by atoms with van der Waals surface area (Å²) in [5.74, 6) is -0.413. The fraction of sp³-hybridized carbons (Fsp3) is 0.476. The lowest BCUT2D eigenvalue weighted by atomic mass is 10.1. The average molecular weight is 405 g/mol. The van der Waals surface area contributed by atoms with E-state index in [-0.39, 0.29) is 23.3 Å². The van der Waals surface area contributed by atoms with Gasteiger partial charge in [0.05, 0.1) is 16.8 Å². The summed E-state index contributed by atoms with van der Waals surface area (Å²) in [5, 5.41) is 10.6. The highest BCUT2D eigenvalue weighted by Crippen LogP contribution is 2.25. The average Bonchev–Trinajstić information content (AvgIpc) is 3.06. The van der Waals surface area contributed by atoms with Crippen LogP contribution in [0.5, 0.6) is 0 Å². The van der Waals surface area contributed by atoms with Crippen LogP contribution in [0, 0.1) is 0 Å². The molecule has 0 aliphatic heterocycles. The van der Waals surface area contributed by atoms with Gasteiger partial charge in [0.15, 0.2) is 5.69 Å². The van der Waals surface area contributed by atoms with Crippen molar-refractivity contribution in [2.24, 2.45) is 0 Å². The minimum absolute atomic E-state index is 0.217. The molecule has 2 rings (SSSR count). The van der Waals surface area contributed by atoms with Gasteiger partial charge in [-0.15, -0.1) is 0 Å². The standard InChI is InChI=1S/C21H29ClN4O2/c1-7-10-23-19(27)15-9-8-14(22)11-16(15)24-20(28)17-12-18(13(2)3)26(25-17)21(4,5)6/h8-9,11-13H,7,10H2,1-6H3,(H,23,27)(H,24,28). The minimum Gasteiger partial charge on any atom is -0.352 e. The van der Waals surface area contributed by atoms with Gasteiger partial charge in [0.2, 0.25) is 0 Å². The van der Waals surface area contributed by atoms with Gasteiger partial charge in [-0.2, -0.15) is 5.10 Å². The predicted molar refractivity (Wildman–Crippen MR) is 113 cm³/mol. The Hall–Kier alpha value is -2.34. The van der Waals surface area contributed by atoms with Crippen molar-refractivity contribution in [3.8, 4) is 0 Å². The van der Waals surface area contributed by atoms with Crippen molar-refractivity contribution in [3.05, 3.63) is 46.2 Å². The molecule has 6 nitrogen and oxygen atoms in total. The summed E-state index contributed by atoms with van der Waals surface area (Å²) in [4.78, 5) is 25.3. The van der Waals surface area contributed by atoms with Gasteiger partial charge in [0.1, 0.15) is 0 Å². The second-order valence-corrected chi connectivity index (χ2v) is 8.53. The van der Waals surface area contributed by atoms with Gasteiger partial charge in [-0.1, -0.05) is 32.4 Å². The number of hydrogen-bond donors (Lipinski definition) is 2. The van der Waals surface area contributed by atoms with Crippen molar-refractivity contribution in [2.45, 2.75) is 59.4 Å². The molecule has 0 aliphatic carbocycles. The molecule has 0 aliphatic rings. The summed E-state index contributed by atoms with van der Waals surface area (Å²) in [5.41, 5.74) is 1.76. The summed E-state index contributed by atoms with van der Waals surface area (Å²) in [6.45, 7) is 12.8. The first-order valence-electron chi connectivity index (χ1n) is 9.54. The van der Waals surface area contributed by atoms with Crippen LogP contribution in [0.2, 0.25) is 5.02 Å². The molecule has 1 aromatic carbocycles. The van der Waals surface area contributed by atoms with Crippen molar-refractivity contribution in [3.63, 3.8) is 0 Å². The number of halogens is 1. The first kappa shape index (κ1) is 22.0. The molecule has 2 aromatic rings. The highest BCUT2D eigenvalue weighted by molar-refractivity contribution is 6.31. The van der Waals surface area contributed by atoms with Crippen LogP contribution in [0.25, 0.3) is 0 Å². The van der Waals surface area contributed by atoms with E-state index in [0.717, 1.165) is 12.1 Å². The van der Waals surface area contributed by atoms with Gasteiger partial charge in [-0.3, -0.25) is 14.3 Å². The van der Waals surface area contributed by atoms with Gasteiger partial charge >= 0.3 is 0 Å². The van der Waals surface area contributed by atoms with Crippen LogP contribution in [-0.4, -0.2) is 28.1 Å². The van der Waals surface area contributed by atoms with E-state index in [1.54, 1.807) is 24.3 Å². The molecule has 28 heavy (non-hydrogen) atoms. The van der Waals surface area contributed by atoms with Crippen LogP contribution in [-0.2, 0) is 5.54 Å². The Bertz CT molecular complexity index is 866. The van der Waals surface area contributed by atoms with Crippen LogP contribution >= 0.6 is 11.6 Å². The van der Waals surface area contributed by atoms with E-state index in [4.69, 9.17) is 11.6 Å². The van der Waals surface area contributed by atoms with E-state index < -0.39 is 0 Å². The molecule has 0 atom stereocenters. The van der Waals surface area contributed by atoms with Crippen molar-refractivity contribution in [2.75, 3.05) is 11.9 Å². The van der Waals surface area contributed by atoms with Crippen LogP contribution in [0.4, 0.5) is 5.69 Å². The lowest BCUT2D eigenvalue weighted by Gasteiger charge is -2.23. The highest BCUT2D eigenvalue weighted by atomic mass is 35.5. The fourth-order valence-electron chi connectivity index (χ4n) is 2.79. The maximum absolute atomic E-state index is 12.9. The summed E-state index contributed by atoms with van der Waals surface area (Å²) in [7, 11) is 0. The van der Waals surface area contributed by atoms with Crippen molar-refractivity contribution in [1.29, 1.82) is 0 Å². The lowest BCUT2D eigenvalue weighted by Crippen LogP contribution is -2.27. The number of rotatable bonds is 6. The van der Waals surface area contributed by atoms with E-state index in [1.807, 2.05) is 32.4 Å². The van der Waals surface area contributed by atoms with Gasteiger partial charge in [0.25, 0.3) is 11.8 Å². The Labute approximate surface area is 171 Å². The number of carbonyl (C=O) groups excluding carboxylic acids is 2. The lowest BCUT2D eigenvalue weighted by molar-refractivity contribution is 0.0954.